The van der Waals surface area contributed by atoms with Crippen LogP contribution in [0.1, 0.15) is 23.3 Å². The number of rotatable bonds is 1. The molecule has 1 aliphatic rings. The Morgan fingerprint density at radius 3 is 2.85 bits per heavy atom. The molecule has 1 aliphatic carbocycles. The van der Waals surface area contributed by atoms with Gasteiger partial charge in [-0.15, -0.1) is 22.7 Å². The molecule has 102 valence electrons. The van der Waals surface area contributed by atoms with Gasteiger partial charge in [-0.3, -0.25) is 0 Å². The van der Waals surface area contributed by atoms with Crippen LogP contribution in [0, 0.1) is 0 Å². The van der Waals surface area contributed by atoms with Crippen LogP contribution >= 0.6 is 34.3 Å². The van der Waals surface area contributed by atoms with Crippen LogP contribution in [-0.2, 0) is 12.8 Å². The number of hydrogen-bond donors (Lipinski definition) is 1. The Balaban J connectivity index is 1.95. The molecule has 2 aromatic heterocycles. The van der Waals surface area contributed by atoms with E-state index in [1.165, 1.54) is 28.8 Å². The summed E-state index contributed by atoms with van der Waals surface area (Å²) in [6.45, 7) is 0. The van der Waals surface area contributed by atoms with Gasteiger partial charge in [0.25, 0.3) is 0 Å². The van der Waals surface area contributed by atoms with Crippen LogP contribution in [0.25, 0.3) is 20.8 Å². The molecule has 0 atom stereocenters. The Bertz CT molecular complexity index is 804. The molecule has 0 saturated heterocycles. The second-order valence-electron chi connectivity index (χ2n) is 5.06. The molecule has 0 spiro atoms. The summed E-state index contributed by atoms with van der Waals surface area (Å²) in [5.74, 6) is 0. The van der Waals surface area contributed by atoms with Gasteiger partial charge in [0.15, 0.2) is 0 Å². The zero-order valence-corrected chi connectivity index (χ0v) is 13.2. The SMILES string of the molecule is Nc1sc2c(c1-c1nc3cccc(Cl)c3s1)CCCC2. The largest absolute Gasteiger partial charge is 0.390 e. The number of nitrogens with zero attached hydrogens (tertiary/aromatic N) is 1. The Labute approximate surface area is 130 Å². The molecule has 2 heterocycles. The Kier molecular flexibility index (Phi) is 2.98. The van der Waals surface area contributed by atoms with Gasteiger partial charge in [-0.2, -0.15) is 0 Å². The van der Waals surface area contributed by atoms with Crippen molar-refractivity contribution in [1.29, 1.82) is 0 Å². The van der Waals surface area contributed by atoms with Gasteiger partial charge in [0, 0.05) is 10.4 Å². The van der Waals surface area contributed by atoms with E-state index in [1.54, 1.807) is 22.7 Å². The summed E-state index contributed by atoms with van der Waals surface area (Å²) in [6, 6.07) is 5.87. The maximum absolute atomic E-state index is 6.27. The first-order valence-electron chi connectivity index (χ1n) is 6.69. The first-order valence-corrected chi connectivity index (χ1v) is 8.70. The minimum absolute atomic E-state index is 0.772. The van der Waals surface area contributed by atoms with E-state index in [9.17, 15) is 0 Å². The van der Waals surface area contributed by atoms with Crippen molar-refractivity contribution in [3.8, 4) is 10.6 Å². The molecule has 2 N–H and O–H groups in total. The number of nitrogens with two attached hydrogens (primary N) is 1. The standard InChI is InChI=1S/C15H13ClN2S2/c16-9-5-3-6-10-13(9)20-15(18-10)12-8-4-1-2-7-11(8)19-14(12)17/h3,5-6H,1-2,4,7,17H2. The second-order valence-corrected chi connectivity index (χ2v) is 7.60. The third kappa shape index (κ3) is 1.86. The van der Waals surface area contributed by atoms with Crippen molar-refractivity contribution in [1.82, 2.24) is 4.98 Å². The van der Waals surface area contributed by atoms with Crippen molar-refractivity contribution in [2.24, 2.45) is 0 Å². The molecule has 0 radical (unpaired) electrons. The van der Waals surface area contributed by atoms with E-state index in [2.05, 4.69) is 0 Å². The van der Waals surface area contributed by atoms with E-state index in [4.69, 9.17) is 22.3 Å². The van der Waals surface area contributed by atoms with E-state index in [0.717, 1.165) is 38.1 Å². The van der Waals surface area contributed by atoms with Gasteiger partial charge in [0.05, 0.1) is 20.2 Å². The minimum Gasteiger partial charge on any atom is -0.390 e. The molecule has 0 saturated carbocycles. The Morgan fingerprint density at radius 1 is 1.15 bits per heavy atom. The number of benzene rings is 1. The lowest BCUT2D eigenvalue weighted by molar-refractivity contribution is 0.698. The number of thiophene rings is 1. The lowest BCUT2D eigenvalue weighted by atomic mass is 9.96. The van der Waals surface area contributed by atoms with Crippen molar-refractivity contribution < 1.29 is 0 Å². The molecule has 3 aromatic rings. The van der Waals surface area contributed by atoms with Crippen LogP contribution in [-0.4, -0.2) is 4.98 Å². The molecule has 2 nitrogen and oxygen atoms in total. The molecule has 0 unspecified atom stereocenters. The molecule has 0 amide bonds. The maximum Gasteiger partial charge on any atom is 0.127 e. The third-order valence-electron chi connectivity index (χ3n) is 3.78. The molecule has 5 heteroatoms. The molecule has 1 aromatic carbocycles. The average Bonchev–Trinajstić information content (AvgIpc) is 2.99. The number of fused-ring (bicyclic) bond motifs is 2. The van der Waals surface area contributed by atoms with Crippen LogP contribution in [0.15, 0.2) is 18.2 Å². The fourth-order valence-electron chi connectivity index (χ4n) is 2.84. The topological polar surface area (TPSA) is 38.9 Å². The van der Waals surface area contributed by atoms with Crippen LogP contribution in [0.4, 0.5) is 5.00 Å². The van der Waals surface area contributed by atoms with E-state index in [1.807, 2.05) is 18.2 Å². The maximum atomic E-state index is 6.27. The molecule has 0 bridgehead atoms. The minimum atomic E-state index is 0.772. The highest BCUT2D eigenvalue weighted by Crippen LogP contribution is 2.45. The summed E-state index contributed by atoms with van der Waals surface area (Å²) >= 11 is 9.65. The van der Waals surface area contributed by atoms with Crippen LogP contribution in [0.2, 0.25) is 5.02 Å². The average molecular weight is 321 g/mol. The molecular formula is C15H13ClN2S2. The van der Waals surface area contributed by atoms with Crippen LogP contribution in [0.3, 0.4) is 0 Å². The second kappa shape index (κ2) is 4.72. The first kappa shape index (κ1) is 12.6. The van der Waals surface area contributed by atoms with Gasteiger partial charge >= 0.3 is 0 Å². The quantitative estimate of drug-likeness (QED) is 0.674. The summed E-state index contributed by atoms with van der Waals surface area (Å²) in [4.78, 5) is 6.20. The van der Waals surface area contributed by atoms with Crippen LogP contribution in [0.5, 0.6) is 0 Å². The van der Waals surface area contributed by atoms with Gasteiger partial charge in [-0.05, 0) is 43.4 Å². The Morgan fingerprint density at radius 2 is 2.00 bits per heavy atom. The van der Waals surface area contributed by atoms with Gasteiger partial charge in [-0.1, -0.05) is 17.7 Å². The van der Waals surface area contributed by atoms with Gasteiger partial charge in [-0.25, -0.2) is 4.98 Å². The van der Waals surface area contributed by atoms with Gasteiger partial charge in [0.1, 0.15) is 5.01 Å². The summed E-state index contributed by atoms with van der Waals surface area (Å²) in [5.41, 5.74) is 9.82. The normalized spacial score (nSPS) is 14.7. The van der Waals surface area contributed by atoms with Crippen molar-refractivity contribution in [3.05, 3.63) is 33.7 Å². The number of anilines is 1. The van der Waals surface area contributed by atoms with E-state index >= 15 is 0 Å². The fourth-order valence-corrected chi connectivity index (χ4v) is 5.41. The molecule has 0 aliphatic heterocycles. The number of aromatic nitrogens is 1. The molecular weight excluding hydrogens is 308 g/mol. The number of halogens is 1. The number of hydrogen-bond acceptors (Lipinski definition) is 4. The smallest absolute Gasteiger partial charge is 0.127 e. The summed E-state index contributed by atoms with van der Waals surface area (Å²) in [7, 11) is 0. The molecule has 4 rings (SSSR count). The van der Waals surface area contributed by atoms with Crippen molar-refractivity contribution in [2.45, 2.75) is 25.7 Å². The summed E-state index contributed by atoms with van der Waals surface area (Å²) in [5, 5.41) is 2.70. The monoisotopic (exact) mass is 320 g/mol. The Hall–Kier alpha value is -1.10. The van der Waals surface area contributed by atoms with Crippen molar-refractivity contribution >= 4 is 49.5 Å². The fraction of sp³-hybridized carbons (Fsp3) is 0.267. The highest BCUT2D eigenvalue weighted by atomic mass is 35.5. The highest BCUT2D eigenvalue weighted by Gasteiger charge is 2.22. The van der Waals surface area contributed by atoms with Crippen LogP contribution < -0.4 is 5.73 Å². The van der Waals surface area contributed by atoms with E-state index in [0.29, 0.717) is 0 Å². The number of aryl methyl sites for hydroxylation is 1. The highest BCUT2D eigenvalue weighted by molar-refractivity contribution is 7.23. The summed E-state index contributed by atoms with van der Waals surface area (Å²) < 4.78 is 1.05. The van der Waals surface area contributed by atoms with E-state index < -0.39 is 0 Å². The lowest BCUT2D eigenvalue weighted by Crippen LogP contribution is -1.99. The van der Waals surface area contributed by atoms with Crippen molar-refractivity contribution in [2.75, 3.05) is 5.73 Å². The first-order chi connectivity index (χ1) is 9.74. The van der Waals surface area contributed by atoms with Gasteiger partial charge < -0.3 is 5.73 Å². The van der Waals surface area contributed by atoms with E-state index in [-0.39, 0.29) is 0 Å². The predicted octanol–water partition coefficient (Wildman–Crippen LogP) is 5.14. The molecule has 20 heavy (non-hydrogen) atoms. The number of nitrogen functional groups attached to an aromatic ring is 1. The number of thiazole rings is 1. The zero-order valence-electron chi connectivity index (χ0n) is 10.8. The zero-order chi connectivity index (χ0) is 13.7. The summed E-state index contributed by atoms with van der Waals surface area (Å²) in [6.07, 6.45) is 4.82. The van der Waals surface area contributed by atoms with Crippen molar-refractivity contribution in [3.63, 3.8) is 0 Å². The third-order valence-corrected chi connectivity index (χ3v) is 6.45. The van der Waals surface area contributed by atoms with Gasteiger partial charge in [0.2, 0.25) is 0 Å². The molecule has 0 fully saturated rings. The predicted molar refractivity (Wildman–Crippen MR) is 89.0 cm³/mol. The lowest BCUT2D eigenvalue weighted by Gasteiger charge is -2.11.